The van der Waals surface area contributed by atoms with Crippen LogP contribution in [-0.4, -0.2) is 41.0 Å². The van der Waals surface area contributed by atoms with Gasteiger partial charge in [0.2, 0.25) is 5.91 Å². The molecule has 2 aromatic rings. The summed E-state index contributed by atoms with van der Waals surface area (Å²) < 4.78 is 5.03. The molecule has 0 aliphatic heterocycles. The molecule has 0 radical (unpaired) electrons. The van der Waals surface area contributed by atoms with Crippen LogP contribution in [0.4, 0.5) is 0 Å². The number of nitrogens with two attached hydrogens (primary N) is 1. The molecule has 0 unspecified atom stereocenters. The summed E-state index contributed by atoms with van der Waals surface area (Å²) in [6, 6.07) is 14.6. The third kappa shape index (κ3) is 6.09. The Morgan fingerprint density at radius 3 is 2.09 bits per heavy atom. The number of methoxy groups -OCH3 is 1. The summed E-state index contributed by atoms with van der Waals surface area (Å²) in [5, 5.41) is 11.8. The predicted molar refractivity (Wildman–Crippen MR) is 125 cm³/mol. The molecular weight excluding hydrogens is 406 g/mol. The van der Waals surface area contributed by atoms with Gasteiger partial charge in [-0.1, -0.05) is 80.9 Å². The number of nitrogens with zero attached hydrogens (tertiary/aromatic N) is 2. The topological polar surface area (TPSA) is 105 Å². The molecule has 0 aliphatic rings. The molecule has 0 fully saturated rings. The molecule has 7 nitrogen and oxygen atoms in total. The van der Waals surface area contributed by atoms with E-state index in [0.29, 0.717) is 24.9 Å². The van der Waals surface area contributed by atoms with E-state index in [4.69, 9.17) is 15.7 Å². The van der Waals surface area contributed by atoms with Gasteiger partial charge < -0.3 is 20.6 Å². The highest BCUT2D eigenvalue weighted by Crippen LogP contribution is 2.24. The predicted octanol–water partition coefficient (Wildman–Crippen LogP) is 4.16. The summed E-state index contributed by atoms with van der Waals surface area (Å²) in [6.45, 7) is 6.26. The Labute approximate surface area is 189 Å². The second-order valence-corrected chi connectivity index (χ2v) is 7.88. The highest BCUT2D eigenvalue weighted by Gasteiger charge is 2.34. The molecule has 2 rings (SSSR count). The second-order valence-electron chi connectivity index (χ2n) is 7.88. The molecule has 0 heterocycles. The Bertz CT molecular complexity index is 923. The zero-order chi connectivity index (χ0) is 23.7. The molecule has 32 heavy (non-hydrogen) atoms. The van der Waals surface area contributed by atoms with Crippen molar-refractivity contribution in [3.8, 4) is 11.1 Å². The van der Waals surface area contributed by atoms with E-state index in [2.05, 4.69) is 5.16 Å². The van der Waals surface area contributed by atoms with E-state index < -0.39 is 6.04 Å². The highest BCUT2D eigenvalue weighted by molar-refractivity contribution is 5.97. The van der Waals surface area contributed by atoms with Gasteiger partial charge in [-0.05, 0) is 29.0 Å². The molecule has 0 spiro atoms. The van der Waals surface area contributed by atoms with Crippen LogP contribution >= 0.6 is 0 Å². The molecule has 3 N–H and O–H groups in total. The number of amidine groups is 1. The summed E-state index contributed by atoms with van der Waals surface area (Å²) in [7, 11) is 1.36. The molecule has 0 aromatic heterocycles. The number of amides is 1. The molecule has 0 bridgehead atoms. The van der Waals surface area contributed by atoms with Gasteiger partial charge in [0.05, 0.1) is 7.11 Å². The fraction of sp³-hybridized carbons (Fsp3) is 0.400. The van der Waals surface area contributed by atoms with Crippen LogP contribution in [0.1, 0.15) is 51.2 Å². The summed E-state index contributed by atoms with van der Waals surface area (Å²) in [4.78, 5) is 27.1. The van der Waals surface area contributed by atoms with Crippen LogP contribution in [0.25, 0.3) is 11.1 Å². The number of hydrogen-bond acceptors (Lipinski definition) is 5. The van der Waals surface area contributed by atoms with Crippen LogP contribution in [0.2, 0.25) is 0 Å². The molecule has 0 saturated heterocycles. The van der Waals surface area contributed by atoms with E-state index in [-0.39, 0.29) is 23.6 Å². The van der Waals surface area contributed by atoms with Gasteiger partial charge in [-0.25, -0.2) is 4.79 Å². The molecule has 7 heteroatoms. The maximum atomic E-state index is 12.9. The molecular formula is C25H33N3O4. The van der Waals surface area contributed by atoms with Crippen LogP contribution < -0.4 is 5.73 Å². The van der Waals surface area contributed by atoms with Crippen molar-refractivity contribution in [2.75, 3.05) is 7.11 Å². The second kappa shape index (κ2) is 11.9. The minimum atomic E-state index is -0.616. The van der Waals surface area contributed by atoms with E-state index in [1.54, 1.807) is 17.0 Å². The van der Waals surface area contributed by atoms with Crippen molar-refractivity contribution in [2.45, 2.75) is 52.6 Å². The van der Waals surface area contributed by atoms with E-state index in [1.165, 1.54) is 7.11 Å². The third-order valence-corrected chi connectivity index (χ3v) is 5.67. The first-order valence-electron chi connectivity index (χ1n) is 10.9. The Hall–Kier alpha value is -3.35. The van der Waals surface area contributed by atoms with Gasteiger partial charge in [-0.2, -0.15) is 0 Å². The maximum Gasteiger partial charge on any atom is 0.328 e. The third-order valence-electron chi connectivity index (χ3n) is 5.67. The van der Waals surface area contributed by atoms with Crippen molar-refractivity contribution in [3.05, 3.63) is 59.7 Å². The Balaban J connectivity index is 2.28. The van der Waals surface area contributed by atoms with E-state index in [1.807, 2.05) is 57.2 Å². The van der Waals surface area contributed by atoms with Gasteiger partial charge in [0, 0.05) is 18.5 Å². The Morgan fingerprint density at radius 1 is 1.06 bits per heavy atom. The average Bonchev–Trinajstić information content (AvgIpc) is 2.83. The first-order valence-corrected chi connectivity index (χ1v) is 10.9. The van der Waals surface area contributed by atoms with Crippen molar-refractivity contribution in [3.63, 3.8) is 0 Å². The van der Waals surface area contributed by atoms with Crippen LogP contribution in [0.3, 0.4) is 0 Å². The number of carbonyl (C=O) groups excluding carboxylic acids is 2. The Kier molecular flexibility index (Phi) is 9.25. The largest absolute Gasteiger partial charge is 0.467 e. The number of esters is 1. The average molecular weight is 440 g/mol. The van der Waals surface area contributed by atoms with Gasteiger partial charge in [0.1, 0.15) is 6.04 Å². The molecule has 0 saturated carbocycles. The van der Waals surface area contributed by atoms with E-state index in [9.17, 15) is 9.59 Å². The van der Waals surface area contributed by atoms with Crippen LogP contribution in [-0.2, 0) is 20.9 Å². The van der Waals surface area contributed by atoms with Crippen molar-refractivity contribution >= 4 is 17.7 Å². The number of rotatable bonds is 10. The quantitative estimate of drug-likeness (QED) is 0.190. The Morgan fingerprint density at radius 2 is 1.62 bits per heavy atom. The minimum Gasteiger partial charge on any atom is -0.467 e. The lowest BCUT2D eigenvalue weighted by atomic mass is 9.96. The van der Waals surface area contributed by atoms with Crippen LogP contribution in [0, 0.1) is 5.92 Å². The van der Waals surface area contributed by atoms with Crippen molar-refractivity contribution < 1.29 is 19.5 Å². The first-order chi connectivity index (χ1) is 15.4. The SMILES string of the molecule is CCCC(=O)N(Cc1ccc(-c2ccc(/C(N)=N/O)cc2)cc1)[C@H](C(=O)OC)[C@@H](C)CC. The number of carbonyl (C=O) groups is 2. The van der Waals surface area contributed by atoms with E-state index in [0.717, 1.165) is 23.1 Å². The molecule has 2 atom stereocenters. The lowest BCUT2D eigenvalue weighted by Gasteiger charge is -2.33. The number of hydrogen-bond donors (Lipinski definition) is 2. The van der Waals surface area contributed by atoms with E-state index >= 15 is 0 Å². The van der Waals surface area contributed by atoms with Crippen LogP contribution in [0.15, 0.2) is 53.7 Å². The fourth-order valence-electron chi connectivity index (χ4n) is 3.60. The molecule has 1 amide bonds. The van der Waals surface area contributed by atoms with Crippen LogP contribution in [0.5, 0.6) is 0 Å². The van der Waals surface area contributed by atoms with Crippen molar-refractivity contribution in [2.24, 2.45) is 16.8 Å². The summed E-state index contributed by atoms with van der Waals surface area (Å²) >= 11 is 0. The van der Waals surface area contributed by atoms with Gasteiger partial charge in [-0.3, -0.25) is 4.79 Å². The smallest absolute Gasteiger partial charge is 0.328 e. The minimum absolute atomic E-state index is 0.0176. The van der Waals surface area contributed by atoms with Gasteiger partial charge >= 0.3 is 5.97 Å². The normalized spacial score (nSPS) is 13.3. The van der Waals surface area contributed by atoms with Crippen molar-refractivity contribution in [1.82, 2.24) is 4.90 Å². The number of ether oxygens (including phenoxy) is 1. The lowest BCUT2D eigenvalue weighted by molar-refractivity contribution is -0.156. The summed E-state index contributed by atoms with van der Waals surface area (Å²) in [5.41, 5.74) is 9.17. The molecule has 172 valence electrons. The number of oxime groups is 1. The lowest BCUT2D eigenvalue weighted by Crippen LogP contribution is -2.48. The summed E-state index contributed by atoms with van der Waals surface area (Å²) in [5.74, 6) is -0.390. The maximum absolute atomic E-state index is 12.9. The molecule has 0 aliphatic carbocycles. The zero-order valence-corrected chi connectivity index (χ0v) is 19.2. The van der Waals surface area contributed by atoms with Crippen molar-refractivity contribution in [1.29, 1.82) is 0 Å². The first kappa shape index (κ1) is 24.9. The zero-order valence-electron chi connectivity index (χ0n) is 19.2. The monoisotopic (exact) mass is 439 g/mol. The van der Waals surface area contributed by atoms with Gasteiger partial charge in [0.25, 0.3) is 0 Å². The van der Waals surface area contributed by atoms with Gasteiger partial charge in [-0.15, -0.1) is 0 Å². The number of benzene rings is 2. The standard InChI is InChI=1S/C25H33N3O4/c1-5-7-22(29)28(23(17(3)6-2)25(30)32-4)16-18-8-10-19(11-9-18)20-12-14-21(15-13-20)24(26)27-31/h8-15,17,23,31H,5-7,16H2,1-4H3,(H2,26,27)/t17-,23-/m0/s1. The van der Waals surface area contributed by atoms with Gasteiger partial charge in [0.15, 0.2) is 5.84 Å². The fourth-order valence-corrected chi connectivity index (χ4v) is 3.60. The summed E-state index contributed by atoms with van der Waals surface area (Å²) in [6.07, 6.45) is 1.86. The highest BCUT2D eigenvalue weighted by atomic mass is 16.5. The molecule has 2 aromatic carbocycles.